The van der Waals surface area contributed by atoms with Gasteiger partial charge in [0.05, 0.1) is 6.61 Å². The van der Waals surface area contributed by atoms with Crippen LogP contribution in [0, 0.1) is 11.6 Å². The fourth-order valence-corrected chi connectivity index (χ4v) is 5.56. The number of halogens is 3. The maximum atomic E-state index is 14.2. The van der Waals surface area contributed by atoms with Gasteiger partial charge < -0.3 is 14.6 Å². The van der Waals surface area contributed by atoms with Crippen molar-refractivity contribution in [2.75, 3.05) is 19.8 Å². The Hall–Kier alpha value is -4.12. The first-order valence-corrected chi connectivity index (χ1v) is 15.0. The van der Waals surface area contributed by atoms with Crippen molar-refractivity contribution in [2.45, 2.75) is 30.9 Å². The molecule has 0 unspecified atom stereocenters. The summed E-state index contributed by atoms with van der Waals surface area (Å²) in [5.74, 6) is -0.798. The van der Waals surface area contributed by atoms with E-state index in [9.17, 15) is 13.6 Å². The Labute approximate surface area is 263 Å². The average Bonchev–Trinajstić information content (AvgIpc) is 3.40. The number of aliphatic hydroxyl groups is 1. The highest BCUT2D eigenvalue weighted by molar-refractivity contribution is 9.10. The van der Waals surface area contributed by atoms with Gasteiger partial charge in [-0.2, -0.15) is 0 Å². The Bertz CT molecular complexity index is 1580. The summed E-state index contributed by atoms with van der Waals surface area (Å²) in [7, 11) is 0. The number of ether oxygens (including phenoxy) is 2. The molecule has 10 heteroatoms. The highest BCUT2D eigenvalue weighted by Crippen LogP contribution is 2.44. The quantitative estimate of drug-likeness (QED) is 0.123. The van der Waals surface area contributed by atoms with Crippen molar-refractivity contribution in [3.63, 3.8) is 0 Å². The zero-order valence-electron chi connectivity index (χ0n) is 23.8. The molecule has 0 bridgehead atoms. The number of carbonyl (C=O) groups excluding carboxylic acids is 1. The largest absolute Gasteiger partial charge is 0.494 e. The van der Waals surface area contributed by atoms with Crippen molar-refractivity contribution >= 4 is 27.7 Å². The van der Waals surface area contributed by atoms with E-state index in [1.807, 2.05) is 66.7 Å². The number of nitrogens with one attached hydrogen (secondary N) is 2. The summed E-state index contributed by atoms with van der Waals surface area (Å²) in [6.45, 7) is 0.659. The third-order valence-corrected chi connectivity index (χ3v) is 7.92. The molecule has 5 rings (SSSR count). The minimum Gasteiger partial charge on any atom is -0.494 e. The second kappa shape index (κ2) is 14.6. The standard InChI is InChI=1S/C34H32BrF2N3O4/c35-30-10-5-4-9-29(30)31-34(22-23-7-2-1-3-8-23,33(42)40-38-16-15-24-19-26(36)21-27(37)20-24)39-32(44-31)25-11-13-28(14-12-25)43-18-6-17-41/h1-5,7-14,19-21,31,38,41H,6,15-18,22H2,(H,40,42)/t31-,34-/m0/s1. The zero-order chi connectivity index (χ0) is 30.9. The van der Waals surface area contributed by atoms with E-state index in [-0.39, 0.29) is 26.0 Å². The van der Waals surface area contributed by atoms with E-state index in [1.165, 1.54) is 12.1 Å². The van der Waals surface area contributed by atoms with Crippen LogP contribution in [0.25, 0.3) is 0 Å². The molecule has 1 aliphatic heterocycles. The summed E-state index contributed by atoms with van der Waals surface area (Å²) in [5, 5.41) is 9.03. The number of nitrogens with zero attached hydrogens (tertiary/aromatic N) is 1. The van der Waals surface area contributed by atoms with Gasteiger partial charge in [0, 0.05) is 47.7 Å². The van der Waals surface area contributed by atoms with E-state index in [0.29, 0.717) is 35.8 Å². The second-order valence-corrected chi connectivity index (χ2v) is 11.2. The van der Waals surface area contributed by atoms with Crippen LogP contribution in [-0.4, -0.2) is 42.2 Å². The van der Waals surface area contributed by atoms with Crippen LogP contribution in [0.3, 0.4) is 0 Å². The third kappa shape index (κ3) is 7.50. The maximum Gasteiger partial charge on any atom is 0.266 e. The van der Waals surface area contributed by atoms with E-state index in [1.54, 1.807) is 12.1 Å². The maximum absolute atomic E-state index is 14.2. The molecule has 7 nitrogen and oxygen atoms in total. The van der Waals surface area contributed by atoms with Crippen LogP contribution in [0.5, 0.6) is 5.75 Å². The Kier molecular flexibility index (Phi) is 10.4. The molecule has 3 N–H and O–H groups in total. The Balaban J connectivity index is 1.46. The molecule has 4 aromatic rings. The molecule has 1 amide bonds. The van der Waals surface area contributed by atoms with Gasteiger partial charge in [-0.3, -0.25) is 10.2 Å². The van der Waals surface area contributed by atoms with Gasteiger partial charge in [-0.05, 0) is 60.0 Å². The van der Waals surface area contributed by atoms with Gasteiger partial charge in [0.1, 0.15) is 17.4 Å². The van der Waals surface area contributed by atoms with Crippen molar-refractivity contribution in [1.82, 2.24) is 10.9 Å². The van der Waals surface area contributed by atoms with Crippen LogP contribution in [0.2, 0.25) is 0 Å². The zero-order valence-corrected chi connectivity index (χ0v) is 25.4. The van der Waals surface area contributed by atoms with Crippen LogP contribution in [0.1, 0.15) is 34.8 Å². The molecule has 0 aliphatic carbocycles. The van der Waals surface area contributed by atoms with Crippen molar-refractivity contribution in [3.8, 4) is 5.75 Å². The number of benzene rings is 4. The third-order valence-electron chi connectivity index (χ3n) is 7.20. The molecule has 0 fully saturated rings. The lowest BCUT2D eigenvalue weighted by atomic mass is 9.82. The molecule has 4 aromatic carbocycles. The van der Waals surface area contributed by atoms with Crippen LogP contribution in [-0.2, 0) is 22.4 Å². The van der Waals surface area contributed by atoms with E-state index in [0.717, 1.165) is 21.7 Å². The van der Waals surface area contributed by atoms with Crippen molar-refractivity contribution in [3.05, 3.63) is 135 Å². The fraction of sp³-hybridized carbons (Fsp3) is 0.235. The number of aliphatic hydroxyl groups excluding tert-OH is 1. The second-order valence-electron chi connectivity index (χ2n) is 10.4. The van der Waals surface area contributed by atoms with Gasteiger partial charge in [-0.15, -0.1) is 0 Å². The summed E-state index contributed by atoms with van der Waals surface area (Å²) in [5.41, 5.74) is 7.05. The van der Waals surface area contributed by atoms with E-state index in [2.05, 4.69) is 26.8 Å². The monoisotopic (exact) mass is 663 g/mol. The van der Waals surface area contributed by atoms with Gasteiger partial charge in [-0.25, -0.2) is 19.2 Å². The molecule has 44 heavy (non-hydrogen) atoms. The highest BCUT2D eigenvalue weighted by Gasteiger charge is 2.53. The minimum atomic E-state index is -1.42. The van der Waals surface area contributed by atoms with Gasteiger partial charge in [0.25, 0.3) is 5.91 Å². The molecule has 1 heterocycles. The number of amides is 1. The normalized spacial score (nSPS) is 17.5. The molecular weight excluding hydrogens is 632 g/mol. The van der Waals surface area contributed by atoms with Crippen LogP contribution >= 0.6 is 15.9 Å². The summed E-state index contributed by atoms with van der Waals surface area (Å²) in [6.07, 6.45) is 0.239. The minimum absolute atomic E-state index is 0.0446. The van der Waals surface area contributed by atoms with E-state index >= 15 is 0 Å². The predicted octanol–water partition coefficient (Wildman–Crippen LogP) is 5.85. The number of rotatable bonds is 13. The lowest BCUT2D eigenvalue weighted by Gasteiger charge is -2.31. The Morgan fingerprint density at radius 3 is 2.36 bits per heavy atom. The number of aliphatic imine (C=N–C) groups is 1. The molecule has 0 radical (unpaired) electrons. The summed E-state index contributed by atoms with van der Waals surface area (Å²) in [6, 6.07) is 27.7. The molecule has 228 valence electrons. The topological polar surface area (TPSA) is 92.2 Å². The highest BCUT2D eigenvalue weighted by atomic mass is 79.9. The summed E-state index contributed by atoms with van der Waals surface area (Å²) >= 11 is 3.64. The number of carbonyl (C=O) groups is 1. The molecule has 2 atom stereocenters. The predicted molar refractivity (Wildman–Crippen MR) is 167 cm³/mol. The van der Waals surface area contributed by atoms with Gasteiger partial charge in [0.15, 0.2) is 11.6 Å². The first-order valence-electron chi connectivity index (χ1n) is 14.3. The van der Waals surface area contributed by atoms with Crippen LogP contribution < -0.4 is 15.6 Å². The van der Waals surface area contributed by atoms with E-state index < -0.39 is 29.2 Å². The van der Waals surface area contributed by atoms with E-state index in [4.69, 9.17) is 19.6 Å². The van der Waals surface area contributed by atoms with Gasteiger partial charge in [0.2, 0.25) is 5.90 Å². The average molecular weight is 665 g/mol. The van der Waals surface area contributed by atoms with Crippen LogP contribution in [0.15, 0.2) is 107 Å². The van der Waals surface area contributed by atoms with Gasteiger partial charge >= 0.3 is 0 Å². The molecular formula is C34H32BrF2N3O4. The summed E-state index contributed by atoms with van der Waals surface area (Å²) in [4.78, 5) is 19.2. The number of hydrogen-bond acceptors (Lipinski definition) is 6. The van der Waals surface area contributed by atoms with Crippen molar-refractivity contribution in [1.29, 1.82) is 0 Å². The van der Waals surface area contributed by atoms with Crippen LogP contribution in [0.4, 0.5) is 8.78 Å². The van der Waals surface area contributed by atoms with Crippen molar-refractivity contribution < 1.29 is 28.2 Å². The first kappa shape index (κ1) is 31.3. The molecule has 0 saturated carbocycles. The summed E-state index contributed by atoms with van der Waals surface area (Å²) < 4.78 is 40.3. The molecule has 0 spiro atoms. The molecule has 0 saturated heterocycles. The Morgan fingerprint density at radius 1 is 0.955 bits per heavy atom. The smallest absolute Gasteiger partial charge is 0.266 e. The Morgan fingerprint density at radius 2 is 1.66 bits per heavy atom. The fourth-order valence-electron chi connectivity index (χ4n) is 5.07. The number of hydrogen-bond donors (Lipinski definition) is 3. The SMILES string of the molecule is O=C(NNCCc1cc(F)cc(F)c1)[C@@]1(Cc2ccccc2)N=C(c2ccc(OCCCO)cc2)O[C@H]1c1ccccc1Br. The van der Waals surface area contributed by atoms with Crippen molar-refractivity contribution in [2.24, 2.45) is 4.99 Å². The first-order chi connectivity index (χ1) is 21.4. The van der Waals surface area contributed by atoms with Gasteiger partial charge in [-0.1, -0.05) is 64.5 Å². The molecule has 0 aromatic heterocycles. The molecule has 1 aliphatic rings. The lowest BCUT2D eigenvalue weighted by molar-refractivity contribution is -0.130. The number of hydrazine groups is 1. The lowest BCUT2D eigenvalue weighted by Crippen LogP contribution is -2.54.